The maximum Gasteiger partial charge on any atom is 0.337 e. The Balaban J connectivity index is 1.58. The van der Waals surface area contributed by atoms with Crippen molar-refractivity contribution in [2.75, 3.05) is 42.4 Å². The standard InChI is InChI=1S/C23H22N4O4/c1-26(18-10-8-16(9-11-18)22(28)30-2)20-13-12-19-21(25-20)27(14-15-31-19)23(29)24-17-6-4-3-5-7-17/h3-13H,14-15H2,1-2H3,(H,24,29). The molecule has 0 fully saturated rings. The third kappa shape index (κ3) is 4.28. The summed E-state index contributed by atoms with van der Waals surface area (Å²) in [5.41, 5.74) is 2.01. The summed E-state index contributed by atoms with van der Waals surface area (Å²) in [6.45, 7) is 0.778. The SMILES string of the molecule is COC(=O)c1ccc(N(C)c2ccc3c(n2)N(C(=O)Nc2ccccc2)CCO3)cc1. The Morgan fingerprint density at radius 2 is 1.81 bits per heavy atom. The van der Waals surface area contributed by atoms with E-state index in [9.17, 15) is 9.59 Å². The van der Waals surface area contributed by atoms with Crippen molar-refractivity contribution in [1.29, 1.82) is 0 Å². The van der Waals surface area contributed by atoms with Gasteiger partial charge in [0.25, 0.3) is 0 Å². The second-order valence-electron chi connectivity index (χ2n) is 6.88. The molecule has 0 radical (unpaired) electrons. The van der Waals surface area contributed by atoms with Gasteiger partial charge in [-0.05, 0) is 48.5 Å². The number of fused-ring (bicyclic) bond motifs is 1. The first-order chi connectivity index (χ1) is 15.1. The van der Waals surface area contributed by atoms with Crippen LogP contribution in [0.25, 0.3) is 0 Å². The van der Waals surface area contributed by atoms with Gasteiger partial charge >= 0.3 is 12.0 Å². The Morgan fingerprint density at radius 3 is 2.52 bits per heavy atom. The predicted octanol–water partition coefficient (Wildman–Crippen LogP) is 4.07. The van der Waals surface area contributed by atoms with Gasteiger partial charge in [0.1, 0.15) is 12.4 Å². The first-order valence-corrected chi connectivity index (χ1v) is 9.76. The topological polar surface area (TPSA) is 84.0 Å². The van der Waals surface area contributed by atoms with Crippen molar-refractivity contribution in [2.45, 2.75) is 0 Å². The number of urea groups is 1. The lowest BCUT2D eigenvalue weighted by Gasteiger charge is -2.30. The van der Waals surface area contributed by atoms with E-state index in [-0.39, 0.29) is 6.03 Å². The molecule has 0 saturated carbocycles. The van der Waals surface area contributed by atoms with Crippen LogP contribution >= 0.6 is 0 Å². The molecule has 8 heteroatoms. The van der Waals surface area contributed by atoms with Gasteiger partial charge in [-0.15, -0.1) is 0 Å². The molecular weight excluding hydrogens is 396 g/mol. The average Bonchev–Trinajstić information content (AvgIpc) is 2.83. The minimum atomic E-state index is -0.390. The van der Waals surface area contributed by atoms with E-state index in [2.05, 4.69) is 10.3 Å². The number of carbonyl (C=O) groups excluding carboxylic acids is 2. The summed E-state index contributed by atoms with van der Waals surface area (Å²) >= 11 is 0. The van der Waals surface area contributed by atoms with E-state index in [1.165, 1.54) is 7.11 Å². The number of hydrogen-bond acceptors (Lipinski definition) is 6. The number of ether oxygens (including phenoxy) is 2. The molecule has 1 N–H and O–H groups in total. The number of pyridine rings is 1. The van der Waals surface area contributed by atoms with E-state index in [4.69, 9.17) is 9.47 Å². The Labute approximate surface area is 180 Å². The lowest BCUT2D eigenvalue weighted by Crippen LogP contribution is -2.41. The molecule has 3 aromatic rings. The van der Waals surface area contributed by atoms with Crippen molar-refractivity contribution in [3.8, 4) is 5.75 Å². The van der Waals surface area contributed by atoms with E-state index < -0.39 is 5.97 Å². The lowest BCUT2D eigenvalue weighted by molar-refractivity contribution is 0.0600. The fourth-order valence-corrected chi connectivity index (χ4v) is 3.25. The third-order valence-electron chi connectivity index (χ3n) is 4.94. The van der Waals surface area contributed by atoms with Crippen molar-refractivity contribution in [3.63, 3.8) is 0 Å². The van der Waals surface area contributed by atoms with Gasteiger partial charge in [0.15, 0.2) is 11.6 Å². The van der Waals surface area contributed by atoms with Gasteiger partial charge in [-0.2, -0.15) is 0 Å². The van der Waals surface area contributed by atoms with Crippen molar-refractivity contribution < 1.29 is 19.1 Å². The number of nitrogens with one attached hydrogen (secondary N) is 1. The number of carbonyl (C=O) groups is 2. The van der Waals surface area contributed by atoms with Crippen LogP contribution in [0.2, 0.25) is 0 Å². The van der Waals surface area contributed by atoms with Crippen LogP contribution in [0, 0.1) is 0 Å². The summed E-state index contributed by atoms with van der Waals surface area (Å²) in [5, 5.41) is 2.89. The van der Waals surface area contributed by atoms with Gasteiger partial charge in [0.05, 0.1) is 19.2 Å². The highest BCUT2D eigenvalue weighted by atomic mass is 16.5. The van der Waals surface area contributed by atoms with Gasteiger partial charge in [0, 0.05) is 18.4 Å². The molecule has 0 atom stereocenters. The molecule has 1 aromatic heterocycles. The molecule has 1 aliphatic rings. The molecule has 0 bridgehead atoms. The predicted molar refractivity (Wildman–Crippen MR) is 118 cm³/mol. The van der Waals surface area contributed by atoms with Gasteiger partial charge in [0.2, 0.25) is 0 Å². The van der Waals surface area contributed by atoms with E-state index in [0.29, 0.717) is 41.8 Å². The number of anilines is 4. The number of hydrogen-bond donors (Lipinski definition) is 1. The Kier molecular flexibility index (Phi) is 5.70. The smallest absolute Gasteiger partial charge is 0.337 e. The molecule has 0 spiro atoms. The van der Waals surface area contributed by atoms with Gasteiger partial charge in [-0.1, -0.05) is 18.2 Å². The molecule has 158 valence electrons. The summed E-state index contributed by atoms with van der Waals surface area (Å²) in [6.07, 6.45) is 0. The van der Waals surface area contributed by atoms with Gasteiger partial charge in [-0.25, -0.2) is 14.6 Å². The minimum absolute atomic E-state index is 0.273. The largest absolute Gasteiger partial charge is 0.488 e. The number of para-hydroxylation sites is 1. The van der Waals surface area contributed by atoms with Crippen LogP contribution < -0.4 is 19.9 Å². The first-order valence-electron chi connectivity index (χ1n) is 9.76. The fourth-order valence-electron chi connectivity index (χ4n) is 3.25. The highest BCUT2D eigenvalue weighted by Gasteiger charge is 2.26. The van der Waals surface area contributed by atoms with Crippen molar-refractivity contribution >= 4 is 35.0 Å². The summed E-state index contributed by atoms with van der Waals surface area (Å²) in [4.78, 5) is 32.6. The van der Waals surface area contributed by atoms with Gasteiger partial charge < -0.3 is 19.7 Å². The highest BCUT2D eigenvalue weighted by Crippen LogP contribution is 2.34. The molecule has 4 rings (SSSR count). The molecule has 8 nitrogen and oxygen atoms in total. The van der Waals surface area contributed by atoms with Crippen LogP contribution in [0.4, 0.5) is 27.8 Å². The van der Waals surface area contributed by atoms with E-state index in [1.54, 1.807) is 23.1 Å². The first kappa shape index (κ1) is 20.2. The fraction of sp³-hybridized carbons (Fsp3) is 0.174. The molecule has 2 amide bonds. The second-order valence-corrected chi connectivity index (χ2v) is 6.88. The molecular formula is C23H22N4O4. The van der Waals surface area contributed by atoms with Crippen LogP contribution in [0.3, 0.4) is 0 Å². The Hall–Kier alpha value is -4.07. The number of aromatic nitrogens is 1. The molecule has 31 heavy (non-hydrogen) atoms. The summed E-state index contributed by atoms with van der Waals surface area (Å²) < 4.78 is 10.4. The van der Waals surface area contributed by atoms with Crippen molar-refractivity contribution in [2.24, 2.45) is 0 Å². The summed E-state index contributed by atoms with van der Waals surface area (Å²) in [5.74, 6) is 1.24. The molecule has 0 saturated heterocycles. The molecule has 1 aliphatic heterocycles. The normalized spacial score (nSPS) is 12.4. The summed E-state index contributed by atoms with van der Waals surface area (Å²) in [6, 6.07) is 19.6. The zero-order valence-electron chi connectivity index (χ0n) is 17.2. The minimum Gasteiger partial charge on any atom is -0.488 e. The molecule has 2 heterocycles. The third-order valence-corrected chi connectivity index (χ3v) is 4.94. The molecule has 2 aromatic carbocycles. The number of rotatable bonds is 4. The highest BCUT2D eigenvalue weighted by molar-refractivity contribution is 6.02. The quantitative estimate of drug-likeness (QED) is 0.643. The van der Waals surface area contributed by atoms with Crippen LogP contribution in [-0.2, 0) is 4.74 Å². The zero-order valence-corrected chi connectivity index (χ0v) is 17.2. The molecule has 0 unspecified atom stereocenters. The lowest BCUT2D eigenvalue weighted by atomic mass is 10.2. The maximum atomic E-state index is 12.9. The zero-order chi connectivity index (χ0) is 21.8. The van der Waals surface area contributed by atoms with E-state index in [1.807, 2.05) is 60.5 Å². The maximum absolute atomic E-state index is 12.9. The van der Waals surface area contributed by atoms with Crippen molar-refractivity contribution in [1.82, 2.24) is 4.98 Å². The number of amides is 2. The van der Waals surface area contributed by atoms with Crippen LogP contribution in [-0.4, -0.2) is 44.3 Å². The number of methoxy groups -OCH3 is 1. The Morgan fingerprint density at radius 1 is 1.06 bits per heavy atom. The average molecular weight is 418 g/mol. The van der Waals surface area contributed by atoms with Crippen LogP contribution in [0.15, 0.2) is 66.7 Å². The van der Waals surface area contributed by atoms with Crippen LogP contribution in [0.5, 0.6) is 5.75 Å². The van der Waals surface area contributed by atoms with Gasteiger partial charge in [-0.3, -0.25) is 4.90 Å². The molecule has 0 aliphatic carbocycles. The monoisotopic (exact) mass is 418 g/mol. The van der Waals surface area contributed by atoms with Crippen molar-refractivity contribution in [3.05, 3.63) is 72.3 Å². The second kappa shape index (κ2) is 8.74. The van der Waals surface area contributed by atoms with Crippen LogP contribution in [0.1, 0.15) is 10.4 Å². The number of benzene rings is 2. The number of esters is 1. The van der Waals surface area contributed by atoms with E-state index in [0.717, 1.165) is 5.69 Å². The number of nitrogens with zero attached hydrogens (tertiary/aromatic N) is 3. The summed E-state index contributed by atoms with van der Waals surface area (Å²) in [7, 11) is 3.21. The Bertz CT molecular complexity index is 1090. The van der Waals surface area contributed by atoms with E-state index >= 15 is 0 Å².